The number of aryl methyl sites for hydroxylation is 2. The minimum Gasteiger partial charge on any atom is -0.289 e. The maximum Gasteiger partial charge on any atom is 0.262 e. The Morgan fingerprint density at radius 2 is 1.63 bits per heavy atom. The summed E-state index contributed by atoms with van der Waals surface area (Å²) in [5.74, 6) is -0.396. The molecule has 0 spiro atoms. The molecule has 150 valence electrons. The second-order valence-electron chi connectivity index (χ2n) is 6.87. The molecule has 0 saturated heterocycles. The van der Waals surface area contributed by atoms with E-state index in [0.29, 0.717) is 15.9 Å². The molecular formula is C23H20N4O2S. The van der Waals surface area contributed by atoms with Gasteiger partial charge in [0.2, 0.25) is 0 Å². The fraction of sp³-hybridized carbons (Fsp3) is 0.130. The van der Waals surface area contributed by atoms with Gasteiger partial charge >= 0.3 is 0 Å². The predicted molar refractivity (Wildman–Crippen MR) is 120 cm³/mol. The fourth-order valence-corrected chi connectivity index (χ4v) is 4.17. The number of hydrazone groups is 1. The van der Waals surface area contributed by atoms with Crippen molar-refractivity contribution in [1.82, 2.24) is 15.0 Å². The van der Waals surface area contributed by atoms with E-state index in [9.17, 15) is 9.59 Å². The highest BCUT2D eigenvalue weighted by molar-refractivity contribution is 7.18. The lowest BCUT2D eigenvalue weighted by Gasteiger charge is -2.09. The van der Waals surface area contributed by atoms with E-state index in [1.54, 1.807) is 0 Å². The van der Waals surface area contributed by atoms with Gasteiger partial charge in [0.25, 0.3) is 11.5 Å². The maximum absolute atomic E-state index is 12.8. The summed E-state index contributed by atoms with van der Waals surface area (Å²) >= 11 is 1.48. The highest BCUT2D eigenvalue weighted by atomic mass is 32.1. The number of benzene rings is 2. The quantitative estimate of drug-likeness (QED) is 0.399. The topological polar surface area (TPSA) is 76.3 Å². The Morgan fingerprint density at radius 1 is 1.03 bits per heavy atom. The van der Waals surface area contributed by atoms with Gasteiger partial charge in [0.15, 0.2) is 0 Å². The average molecular weight is 417 g/mol. The molecule has 6 nitrogen and oxygen atoms in total. The van der Waals surface area contributed by atoms with Gasteiger partial charge < -0.3 is 0 Å². The van der Waals surface area contributed by atoms with E-state index in [1.165, 1.54) is 22.2 Å². The van der Waals surface area contributed by atoms with Crippen LogP contribution in [0.15, 0.2) is 76.9 Å². The van der Waals surface area contributed by atoms with E-state index in [4.69, 9.17) is 0 Å². The van der Waals surface area contributed by atoms with Crippen molar-refractivity contribution >= 4 is 33.2 Å². The van der Waals surface area contributed by atoms with Gasteiger partial charge in [-0.1, -0.05) is 60.7 Å². The number of carbonyl (C=O) groups excluding carboxylic acids is 1. The number of hydrogen-bond acceptors (Lipinski definition) is 5. The molecule has 7 heteroatoms. The molecule has 2 heterocycles. The Morgan fingerprint density at radius 3 is 2.23 bits per heavy atom. The van der Waals surface area contributed by atoms with Crippen LogP contribution in [-0.4, -0.2) is 21.2 Å². The van der Waals surface area contributed by atoms with E-state index in [1.807, 2.05) is 74.5 Å². The summed E-state index contributed by atoms with van der Waals surface area (Å²) in [4.78, 5) is 31.4. The molecule has 0 aliphatic carbocycles. The van der Waals surface area contributed by atoms with E-state index < -0.39 is 5.91 Å². The van der Waals surface area contributed by atoms with E-state index >= 15 is 0 Å². The Hall–Kier alpha value is -3.58. The molecule has 0 aliphatic rings. The number of aromatic nitrogens is 2. The van der Waals surface area contributed by atoms with Gasteiger partial charge in [0.1, 0.15) is 11.4 Å². The van der Waals surface area contributed by atoms with Crippen LogP contribution < -0.4 is 11.0 Å². The Balaban J connectivity index is 1.60. The normalized spacial score (nSPS) is 10.7. The van der Waals surface area contributed by atoms with Crippen molar-refractivity contribution in [3.8, 4) is 0 Å². The molecule has 0 unspecified atom stereocenters. The summed E-state index contributed by atoms with van der Waals surface area (Å²) in [5.41, 5.74) is 5.70. The van der Waals surface area contributed by atoms with Crippen LogP contribution in [0.5, 0.6) is 0 Å². The Kier molecular flexibility index (Phi) is 5.54. The van der Waals surface area contributed by atoms with Crippen molar-refractivity contribution in [2.24, 2.45) is 5.10 Å². The van der Waals surface area contributed by atoms with Crippen LogP contribution >= 0.6 is 11.3 Å². The molecule has 0 bridgehead atoms. The van der Waals surface area contributed by atoms with Gasteiger partial charge in [-0.05, 0) is 19.4 Å². The van der Waals surface area contributed by atoms with Crippen molar-refractivity contribution in [2.75, 3.05) is 0 Å². The standard InChI is InChI=1S/C23H20N4O2S/c1-15-16(2)30-22-20(15)23(29)27(14-24-22)13-19(28)25-26-21(17-9-5-3-6-10-17)18-11-7-4-8-12-18/h3-12,14H,13H2,1-2H3,(H,25,28). The fourth-order valence-electron chi connectivity index (χ4n) is 3.18. The molecule has 2 aromatic heterocycles. The van der Waals surface area contributed by atoms with Crippen LogP contribution in [0.2, 0.25) is 0 Å². The molecule has 2 aromatic carbocycles. The third-order valence-corrected chi connectivity index (χ3v) is 5.97. The molecule has 0 atom stereocenters. The van der Waals surface area contributed by atoms with Crippen LogP contribution in [0, 0.1) is 13.8 Å². The van der Waals surface area contributed by atoms with Crippen LogP contribution in [0.25, 0.3) is 10.2 Å². The second-order valence-corrected chi connectivity index (χ2v) is 8.07. The number of thiophene rings is 1. The number of nitrogens with one attached hydrogen (secondary N) is 1. The summed E-state index contributed by atoms with van der Waals surface area (Å²) in [6.07, 6.45) is 1.42. The number of fused-ring (bicyclic) bond motifs is 1. The molecule has 1 amide bonds. The first-order valence-electron chi connectivity index (χ1n) is 9.47. The highest BCUT2D eigenvalue weighted by Gasteiger charge is 2.14. The van der Waals surface area contributed by atoms with E-state index in [0.717, 1.165) is 21.6 Å². The van der Waals surface area contributed by atoms with Crippen molar-refractivity contribution in [2.45, 2.75) is 20.4 Å². The largest absolute Gasteiger partial charge is 0.289 e. The first kappa shape index (κ1) is 19.7. The SMILES string of the molecule is Cc1sc2ncn(CC(=O)NN=C(c3ccccc3)c3ccccc3)c(=O)c2c1C. The Labute approximate surface area is 177 Å². The van der Waals surface area contributed by atoms with Gasteiger partial charge in [-0.25, -0.2) is 10.4 Å². The second kappa shape index (κ2) is 8.42. The van der Waals surface area contributed by atoms with Gasteiger partial charge in [-0.3, -0.25) is 14.2 Å². The van der Waals surface area contributed by atoms with Crippen LogP contribution in [0.4, 0.5) is 0 Å². The summed E-state index contributed by atoms with van der Waals surface area (Å²) < 4.78 is 1.32. The molecule has 0 fully saturated rings. The smallest absolute Gasteiger partial charge is 0.262 e. The first-order chi connectivity index (χ1) is 14.5. The molecule has 0 radical (unpaired) electrons. The summed E-state index contributed by atoms with van der Waals surface area (Å²) in [5, 5.41) is 4.93. The van der Waals surface area contributed by atoms with Crippen molar-refractivity contribution in [1.29, 1.82) is 0 Å². The highest BCUT2D eigenvalue weighted by Crippen LogP contribution is 2.25. The van der Waals surface area contributed by atoms with Gasteiger partial charge in [-0.15, -0.1) is 11.3 Å². The van der Waals surface area contributed by atoms with Gasteiger partial charge in [0.05, 0.1) is 17.4 Å². The van der Waals surface area contributed by atoms with Crippen LogP contribution in [0.1, 0.15) is 21.6 Å². The molecule has 0 saturated carbocycles. The minimum absolute atomic E-state index is 0.156. The molecule has 4 rings (SSSR count). The number of nitrogens with zero attached hydrogens (tertiary/aromatic N) is 3. The molecule has 1 N–H and O–H groups in total. The third kappa shape index (κ3) is 3.92. The predicted octanol–water partition coefficient (Wildman–Crippen LogP) is 3.64. The van der Waals surface area contributed by atoms with Crippen molar-refractivity contribution in [3.05, 3.63) is 98.9 Å². The lowest BCUT2D eigenvalue weighted by molar-refractivity contribution is -0.121. The summed E-state index contributed by atoms with van der Waals surface area (Å²) in [6.45, 7) is 3.70. The average Bonchev–Trinajstić information content (AvgIpc) is 3.06. The number of amides is 1. The zero-order valence-corrected chi connectivity index (χ0v) is 17.4. The monoisotopic (exact) mass is 416 g/mol. The third-order valence-electron chi connectivity index (χ3n) is 4.86. The molecule has 0 aliphatic heterocycles. The van der Waals surface area contributed by atoms with E-state index in [2.05, 4.69) is 15.5 Å². The lowest BCUT2D eigenvalue weighted by atomic mass is 10.0. The van der Waals surface area contributed by atoms with Crippen molar-refractivity contribution < 1.29 is 4.79 Å². The summed E-state index contributed by atoms with van der Waals surface area (Å²) in [6, 6.07) is 19.3. The van der Waals surface area contributed by atoms with Gasteiger partial charge in [0, 0.05) is 16.0 Å². The maximum atomic E-state index is 12.8. The number of rotatable bonds is 5. The molecule has 4 aromatic rings. The molecular weight excluding hydrogens is 396 g/mol. The number of carbonyl (C=O) groups is 1. The van der Waals surface area contributed by atoms with E-state index in [-0.39, 0.29) is 12.1 Å². The first-order valence-corrected chi connectivity index (χ1v) is 10.3. The molecule has 30 heavy (non-hydrogen) atoms. The lowest BCUT2D eigenvalue weighted by Crippen LogP contribution is -2.30. The van der Waals surface area contributed by atoms with Gasteiger partial charge in [-0.2, -0.15) is 5.10 Å². The van der Waals surface area contributed by atoms with Crippen LogP contribution in [-0.2, 0) is 11.3 Å². The zero-order valence-electron chi connectivity index (χ0n) is 16.6. The minimum atomic E-state index is -0.396. The van der Waals surface area contributed by atoms with Crippen LogP contribution in [0.3, 0.4) is 0 Å². The number of hydrogen-bond donors (Lipinski definition) is 1. The summed E-state index contributed by atoms with van der Waals surface area (Å²) in [7, 11) is 0. The Bertz CT molecular complexity index is 1250. The zero-order chi connectivity index (χ0) is 21.1. The van der Waals surface area contributed by atoms with Crippen molar-refractivity contribution in [3.63, 3.8) is 0 Å².